The van der Waals surface area contributed by atoms with E-state index in [0.29, 0.717) is 43.0 Å². The monoisotopic (exact) mass is 487 g/mol. The van der Waals surface area contributed by atoms with E-state index in [2.05, 4.69) is 11.5 Å². The van der Waals surface area contributed by atoms with Crippen molar-refractivity contribution in [1.82, 2.24) is 9.80 Å². The summed E-state index contributed by atoms with van der Waals surface area (Å²) in [6.07, 6.45) is 2.17. The van der Waals surface area contributed by atoms with Crippen LogP contribution in [0.25, 0.3) is 5.76 Å². The predicted octanol–water partition coefficient (Wildman–Crippen LogP) is 2.52. The highest BCUT2D eigenvalue weighted by atomic mass is 16.5. The number of morpholine rings is 1. The normalized spacial score (nSPS) is 23.5. The summed E-state index contributed by atoms with van der Waals surface area (Å²) in [5.41, 5.74) is -0.440. The maximum Gasteiger partial charge on any atom is 0.296 e. The van der Waals surface area contributed by atoms with E-state index in [1.54, 1.807) is 54.6 Å². The summed E-state index contributed by atoms with van der Waals surface area (Å²) in [6.45, 7) is 7.79. The average Bonchev–Trinajstić information content (AvgIpc) is 3.29. The van der Waals surface area contributed by atoms with Crippen LogP contribution >= 0.6 is 0 Å². The number of ether oxygens (including phenoxy) is 1. The van der Waals surface area contributed by atoms with Crippen molar-refractivity contribution < 1.29 is 24.2 Å². The Hall–Kier alpha value is -3.75. The van der Waals surface area contributed by atoms with E-state index in [-0.39, 0.29) is 24.4 Å². The van der Waals surface area contributed by atoms with Crippen LogP contribution in [0.4, 0.5) is 5.69 Å². The molecular weight excluding hydrogens is 458 g/mol. The second kappa shape index (κ2) is 9.72. The van der Waals surface area contributed by atoms with Gasteiger partial charge in [-0.1, -0.05) is 54.6 Å². The van der Waals surface area contributed by atoms with Crippen molar-refractivity contribution in [2.24, 2.45) is 0 Å². The van der Waals surface area contributed by atoms with E-state index in [0.717, 1.165) is 13.1 Å². The molecule has 0 saturated carbocycles. The average molecular weight is 488 g/mol. The number of hydrogen-bond donors (Lipinski definition) is 1. The van der Waals surface area contributed by atoms with E-state index in [9.17, 15) is 19.5 Å². The zero-order valence-electron chi connectivity index (χ0n) is 20.1. The van der Waals surface area contributed by atoms with Crippen LogP contribution in [0.3, 0.4) is 0 Å². The van der Waals surface area contributed by atoms with Gasteiger partial charge in [0, 0.05) is 43.9 Å². The number of nitrogens with zero attached hydrogens (tertiary/aromatic N) is 3. The molecule has 1 N–H and O–H groups in total. The van der Waals surface area contributed by atoms with Gasteiger partial charge in [-0.05, 0) is 12.5 Å². The maximum absolute atomic E-state index is 14.2. The highest BCUT2D eigenvalue weighted by Gasteiger charge is 2.66. The molecule has 2 saturated heterocycles. The van der Waals surface area contributed by atoms with E-state index >= 15 is 0 Å². The van der Waals surface area contributed by atoms with Gasteiger partial charge in [-0.2, -0.15) is 0 Å². The second-order valence-electron chi connectivity index (χ2n) is 9.12. The van der Waals surface area contributed by atoms with E-state index in [1.165, 1.54) is 9.80 Å². The van der Waals surface area contributed by atoms with Gasteiger partial charge in [-0.3, -0.25) is 19.3 Å². The van der Waals surface area contributed by atoms with E-state index < -0.39 is 23.1 Å². The molecule has 1 spiro atoms. The Balaban J connectivity index is 1.65. The molecule has 2 amide bonds. The number of benzene rings is 2. The quantitative estimate of drug-likeness (QED) is 0.279. The fraction of sp³-hybridized carbons (Fsp3) is 0.321. The number of rotatable bonds is 7. The first-order chi connectivity index (χ1) is 17.5. The summed E-state index contributed by atoms with van der Waals surface area (Å²) in [5.74, 6) is -2.43. The van der Waals surface area contributed by atoms with Crippen molar-refractivity contribution in [2.75, 3.05) is 50.8 Å². The first-order valence-corrected chi connectivity index (χ1v) is 12.2. The first-order valence-electron chi connectivity index (χ1n) is 12.2. The molecule has 2 aromatic rings. The number of Topliss-reactive ketones (excluding diaryl/α,β-unsaturated/α-hetero) is 1. The molecule has 2 fully saturated rings. The number of likely N-dealkylation sites (tertiary alicyclic amines) is 1. The minimum absolute atomic E-state index is 0.186. The molecule has 3 aliphatic heterocycles. The standard InChI is InChI=1S/C28H29N3O5/c1-2-13-30-22-12-7-6-11-21(22)28(27(30)35)23(24(32)20-9-4-3-5-10-20)25(33)26(34)31(28)15-8-14-29-16-18-36-19-17-29/h2-7,9-12,32H,1,8,13-19H2. The van der Waals surface area contributed by atoms with Gasteiger partial charge in [-0.25, -0.2) is 0 Å². The maximum atomic E-state index is 14.2. The van der Waals surface area contributed by atoms with Gasteiger partial charge in [0.1, 0.15) is 5.76 Å². The van der Waals surface area contributed by atoms with Gasteiger partial charge in [0.25, 0.3) is 17.6 Å². The summed E-state index contributed by atoms with van der Waals surface area (Å²) < 4.78 is 5.41. The Labute approximate surface area is 210 Å². The van der Waals surface area contributed by atoms with E-state index in [4.69, 9.17) is 4.74 Å². The zero-order chi connectivity index (χ0) is 25.3. The summed E-state index contributed by atoms with van der Waals surface area (Å²) in [6, 6.07) is 15.7. The third-order valence-corrected chi connectivity index (χ3v) is 7.13. The van der Waals surface area contributed by atoms with Crippen molar-refractivity contribution in [3.05, 3.63) is 84.0 Å². The van der Waals surface area contributed by atoms with Crippen LogP contribution in [0.2, 0.25) is 0 Å². The number of aliphatic hydroxyl groups is 1. The Bertz CT molecular complexity index is 1230. The predicted molar refractivity (Wildman–Crippen MR) is 135 cm³/mol. The lowest BCUT2D eigenvalue weighted by Crippen LogP contribution is -2.52. The molecule has 8 heteroatoms. The van der Waals surface area contributed by atoms with E-state index in [1.807, 2.05) is 6.07 Å². The van der Waals surface area contributed by atoms with Crippen molar-refractivity contribution in [2.45, 2.75) is 12.0 Å². The molecule has 1 unspecified atom stereocenters. The van der Waals surface area contributed by atoms with Gasteiger partial charge in [0.05, 0.1) is 24.5 Å². The van der Waals surface area contributed by atoms with Gasteiger partial charge in [0.2, 0.25) is 0 Å². The Morgan fingerprint density at radius 1 is 1.00 bits per heavy atom. The van der Waals surface area contributed by atoms with Crippen molar-refractivity contribution in [3.63, 3.8) is 0 Å². The molecule has 8 nitrogen and oxygen atoms in total. The number of aliphatic hydroxyl groups excluding tert-OH is 1. The lowest BCUT2D eigenvalue weighted by atomic mass is 9.82. The molecule has 36 heavy (non-hydrogen) atoms. The Morgan fingerprint density at radius 3 is 2.42 bits per heavy atom. The molecular formula is C28H29N3O5. The van der Waals surface area contributed by atoms with Crippen molar-refractivity contribution in [3.8, 4) is 0 Å². The van der Waals surface area contributed by atoms with Gasteiger partial charge in [0.15, 0.2) is 5.54 Å². The number of para-hydroxylation sites is 1. The first kappa shape index (κ1) is 24.0. The molecule has 1 atom stereocenters. The van der Waals surface area contributed by atoms with Crippen molar-refractivity contribution in [1.29, 1.82) is 0 Å². The zero-order valence-corrected chi connectivity index (χ0v) is 20.1. The molecule has 0 aliphatic carbocycles. The summed E-state index contributed by atoms with van der Waals surface area (Å²) in [7, 11) is 0. The number of fused-ring (bicyclic) bond motifs is 2. The van der Waals surface area contributed by atoms with Crippen LogP contribution in [0.15, 0.2) is 72.8 Å². The number of amides is 2. The molecule has 3 aliphatic rings. The highest BCUT2D eigenvalue weighted by Crippen LogP contribution is 2.53. The van der Waals surface area contributed by atoms with Crippen LogP contribution in [0.5, 0.6) is 0 Å². The molecule has 0 aromatic heterocycles. The highest BCUT2D eigenvalue weighted by molar-refractivity contribution is 6.50. The fourth-order valence-corrected chi connectivity index (χ4v) is 5.49. The number of carbonyl (C=O) groups is 3. The van der Waals surface area contributed by atoms with Crippen LogP contribution in [0.1, 0.15) is 17.5 Å². The third-order valence-electron chi connectivity index (χ3n) is 7.13. The summed E-state index contributed by atoms with van der Waals surface area (Å²) in [4.78, 5) is 46.5. The number of hydrogen-bond acceptors (Lipinski definition) is 6. The summed E-state index contributed by atoms with van der Waals surface area (Å²) in [5, 5.41) is 11.4. The van der Waals surface area contributed by atoms with Crippen LogP contribution in [-0.2, 0) is 24.7 Å². The van der Waals surface area contributed by atoms with Crippen LogP contribution in [0, 0.1) is 0 Å². The Morgan fingerprint density at radius 2 is 1.69 bits per heavy atom. The van der Waals surface area contributed by atoms with Crippen LogP contribution < -0.4 is 4.90 Å². The van der Waals surface area contributed by atoms with Gasteiger partial charge >= 0.3 is 0 Å². The van der Waals surface area contributed by atoms with Crippen molar-refractivity contribution >= 4 is 29.0 Å². The van der Waals surface area contributed by atoms with Crippen LogP contribution in [-0.4, -0.2) is 78.4 Å². The topological polar surface area (TPSA) is 90.4 Å². The molecule has 0 bridgehead atoms. The third kappa shape index (κ3) is 3.65. The minimum atomic E-state index is -1.74. The molecule has 0 radical (unpaired) electrons. The number of anilines is 1. The molecule has 2 aromatic carbocycles. The minimum Gasteiger partial charge on any atom is -0.507 e. The lowest BCUT2D eigenvalue weighted by Gasteiger charge is -2.35. The Kier molecular flexibility index (Phi) is 6.47. The number of carbonyl (C=O) groups excluding carboxylic acids is 3. The fourth-order valence-electron chi connectivity index (χ4n) is 5.49. The SMILES string of the molecule is C=CCN1C(=O)C2(C(=C(O)c3ccccc3)C(=O)C(=O)N2CCCN2CCOCC2)c2ccccc21. The van der Waals surface area contributed by atoms with Gasteiger partial charge < -0.3 is 19.6 Å². The smallest absolute Gasteiger partial charge is 0.296 e. The molecule has 5 rings (SSSR count). The molecule has 3 heterocycles. The molecule has 186 valence electrons. The second-order valence-corrected chi connectivity index (χ2v) is 9.12. The lowest BCUT2D eigenvalue weighted by molar-refractivity contribution is -0.143. The summed E-state index contributed by atoms with van der Waals surface area (Å²) >= 11 is 0. The van der Waals surface area contributed by atoms with Gasteiger partial charge in [-0.15, -0.1) is 6.58 Å². The largest absolute Gasteiger partial charge is 0.507 e. The number of ketones is 1.